The van der Waals surface area contributed by atoms with Gasteiger partial charge in [0, 0.05) is 6.21 Å². The van der Waals surface area contributed by atoms with Crippen LogP contribution in [0.5, 0.6) is 0 Å². The molecular weight excluding hydrogens is 138 g/mol. The molecule has 11 heavy (non-hydrogen) atoms. The fourth-order valence-corrected chi connectivity index (χ4v) is 1.11. The number of carbonyl (C=O) groups is 1. The Balaban J connectivity index is 2.54. The molecule has 1 heterocycles. The van der Waals surface area contributed by atoms with Crippen LogP contribution in [-0.4, -0.2) is 12.1 Å². The molecule has 1 aliphatic heterocycles. The molecule has 53 valence electrons. The Labute approximate surface area is 64.6 Å². The summed E-state index contributed by atoms with van der Waals surface area (Å²) in [6.45, 7) is 0. The first-order valence-electron chi connectivity index (χ1n) is 3.42. The third kappa shape index (κ3) is 1.07. The zero-order valence-corrected chi connectivity index (χ0v) is 5.87. The number of amides is 1. The van der Waals surface area contributed by atoms with Crippen LogP contribution in [0.25, 0.3) is 0 Å². The quantitative estimate of drug-likeness (QED) is 0.534. The van der Waals surface area contributed by atoms with Gasteiger partial charge in [-0.3, -0.25) is 4.79 Å². The van der Waals surface area contributed by atoms with Gasteiger partial charge >= 0.3 is 0 Å². The maximum absolute atomic E-state index is 10.8. The van der Waals surface area contributed by atoms with E-state index in [1.165, 1.54) is 0 Å². The van der Waals surface area contributed by atoms with Crippen molar-refractivity contribution in [2.75, 3.05) is 0 Å². The highest BCUT2D eigenvalue weighted by molar-refractivity contribution is 5.98. The number of benzene rings is 1. The summed E-state index contributed by atoms with van der Waals surface area (Å²) in [7, 11) is 0. The molecule has 0 aromatic heterocycles. The van der Waals surface area contributed by atoms with Crippen LogP contribution in [0.15, 0.2) is 23.2 Å². The van der Waals surface area contributed by atoms with Crippen molar-refractivity contribution in [1.82, 2.24) is 0 Å². The minimum Gasteiger partial charge on any atom is -0.272 e. The Hall–Kier alpha value is -1.44. The molecular formula is C9H6NO. The third-order valence-electron chi connectivity index (χ3n) is 1.68. The molecule has 1 aromatic carbocycles. The molecule has 2 rings (SSSR count). The molecule has 0 spiro atoms. The summed E-state index contributed by atoms with van der Waals surface area (Å²) in [6.07, 6.45) is 2.03. The van der Waals surface area contributed by atoms with E-state index in [1.54, 1.807) is 6.21 Å². The minimum absolute atomic E-state index is 0.0660. The van der Waals surface area contributed by atoms with Crippen molar-refractivity contribution in [3.8, 4) is 0 Å². The Kier molecular flexibility index (Phi) is 1.32. The van der Waals surface area contributed by atoms with Gasteiger partial charge in [0.05, 0.1) is 6.42 Å². The molecule has 0 atom stereocenters. The van der Waals surface area contributed by atoms with Crippen LogP contribution in [0, 0.1) is 6.07 Å². The Bertz CT molecular complexity index is 328. The van der Waals surface area contributed by atoms with E-state index in [0.29, 0.717) is 6.42 Å². The summed E-state index contributed by atoms with van der Waals surface area (Å²) in [5.74, 6) is -0.0660. The molecule has 0 unspecified atom stereocenters. The van der Waals surface area contributed by atoms with Gasteiger partial charge in [-0.2, -0.15) is 0 Å². The van der Waals surface area contributed by atoms with Crippen LogP contribution in [0.2, 0.25) is 0 Å². The molecule has 2 heteroatoms. The Morgan fingerprint density at radius 3 is 3.36 bits per heavy atom. The zero-order chi connectivity index (χ0) is 7.68. The third-order valence-corrected chi connectivity index (χ3v) is 1.68. The van der Waals surface area contributed by atoms with E-state index < -0.39 is 0 Å². The monoisotopic (exact) mass is 144 g/mol. The lowest BCUT2D eigenvalue weighted by atomic mass is 10.0. The van der Waals surface area contributed by atoms with Crippen LogP contribution < -0.4 is 0 Å². The van der Waals surface area contributed by atoms with Crippen molar-refractivity contribution in [1.29, 1.82) is 0 Å². The molecule has 0 saturated carbocycles. The number of carbonyl (C=O) groups excluding carboxylic acids is 1. The van der Waals surface area contributed by atoms with Gasteiger partial charge in [0.1, 0.15) is 0 Å². The van der Waals surface area contributed by atoms with Gasteiger partial charge in [0.15, 0.2) is 0 Å². The van der Waals surface area contributed by atoms with Crippen molar-refractivity contribution in [3.63, 3.8) is 0 Å². The smallest absolute Gasteiger partial charge is 0.250 e. The second-order valence-corrected chi connectivity index (χ2v) is 2.45. The van der Waals surface area contributed by atoms with E-state index in [1.807, 2.05) is 18.2 Å². The number of rotatable bonds is 0. The predicted octanol–water partition coefficient (Wildman–Crippen LogP) is 0.988. The number of nitrogens with zero attached hydrogens (tertiary/aromatic N) is 1. The Morgan fingerprint density at radius 1 is 1.55 bits per heavy atom. The molecule has 1 radical (unpaired) electrons. The summed E-state index contributed by atoms with van der Waals surface area (Å²) >= 11 is 0. The topological polar surface area (TPSA) is 29.4 Å². The molecule has 0 saturated heterocycles. The van der Waals surface area contributed by atoms with Crippen LogP contribution in [0.3, 0.4) is 0 Å². The summed E-state index contributed by atoms with van der Waals surface area (Å²) in [5.41, 5.74) is 2.05. The van der Waals surface area contributed by atoms with Gasteiger partial charge in [-0.1, -0.05) is 12.1 Å². The molecule has 0 fully saturated rings. The molecule has 1 aliphatic rings. The average molecular weight is 144 g/mol. The summed E-state index contributed by atoms with van der Waals surface area (Å²) in [5, 5.41) is 0. The summed E-state index contributed by atoms with van der Waals surface area (Å²) in [4.78, 5) is 14.5. The second-order valence-electron chi connectivity index (χ2n) is 2.45. The summed E-state index contributed by atoms with van der Waals surface area (Å²) < 4.78 is 0. The molecule has 1 aromatic rings. The lowest BCUT2D eigenvalue weighted by Gasteiger charge is -2.06. The lowest BCUT2D eigenvalue weighted by molar-refractivity contribution is -0.117. The maximum Gasteiger partial charge on any atom is 0.250 e. The van der Waals surface area contributed by atoms with Gasteiger partial charge in [0.2, 0.25) is 5.91 Å². The normalized spacial score (nSPS) is 14.7. The Morgan fingerprint density at radius 2 is 2.45 bits per heavy atom. The lowest BCUT2D eigenvalue weighted by Crippen LogP contribution is -2.08. The minimum atomic E-state index is -0.0660. The van der Waals surface area contributed by atoms with Crippen LogP contribution >= 0.6 is 0 Å². The number of hydrogen-bond donors (Lipinski definition) is 0. The zero-order valence-electron chi connectivity index (χ0n) is 5.87. The number of fused-ring (bicyclic) bond motifs is 1. The van der Waals surface area contributed by atoms with Crippen molar-refractivity contribution in [2.24, 2.45) is 4.99 Å². The van der Waals surface area contributed by atoms with Crippen molar-refractivity contribution < 1.29 is 4.79 Å². The highest BCUT2D eigenvalue weighted by Crippen LogP contribution is 2.10. The van der Waals surface area contributed by atoms with Gasteiger partial charge < -0.3 is 0 Å². The second kappa shape index (κ2) is 2.31. The van der Waals surface area contributed by atoms with Crippen molar-refractivity contribution in [3.05, 3.63) is 35.4 Å². The SMILES string of the molecule is O=C1Cc2cc[c]cc2C=N1. The molecule has 1 amide bonds. The first-order chi connectivity index (χ1) is 5.36. The van der Waals surface area contributed by atoms with Crippen LogP contribution in [0.4, 0.5) is 0 Å². The first-order valence-corrected chi connectivity index (χ1v) is 3.42. The standard InChI is InChI=1S/C9H6NO/c11-9-5-7-3-1-2-4-8(7)6-10-9/h1,3-4,6H,5H2. The fraction of sp³-hybridized carbons (Fsp3) is 0.111. The van der Waals surface area contributed by atoms with Crippen LogP contribution in [-0.2, 0) is 11.2 Å². The van der Waals surface area contributed by atoms with Gasteiger partial charge in [-0.25, -0.2) is 4.99 Å². The number of hydrogen-bond acceptors (Lipinski definition) is 1. The molecule has 0 N–H and O–H groups in total. The van der Waals surface area contributed by atoms with E-state index in [0.717, 1.165) is 11.1 Å². The van der Waals surface area contributed by atoms with Crippen molar-refractivity contribution in [2.45, 2.75) is 6.42 Å². The summed E-state index contributed by atoms with van der Waals surface area (Å²) in [6, 6.07) is 8.48. The van der Waals surface area contributed by atoms with E-state index in [-0.39, 0.29) is 5.91 Å². The van der Waals surface area contributed by atoms with Crippen molar-refractivity contribution >= 4 is 12.1 Å². The molecule has 0 bridgehead atoms. The fourth-order valence-electron chi connectivity index (χ4n) is 1.11. The van der Waals surface area contributed by atoms with E-state index in [2.05, 4.69) is 11.1 Å². The maximum atomic E-state index is 10.8. The van der Waals surface area contributed by atoms with Gasteiger partial charge in [-0.05, 0) is 23.3 Å². The highest BCUT2D eigenvalue weighted by atomic mass is 16.1. The molecule has 0 aliphatic carbocycles. The first kappa shape index (κ1) is 6.28. The largest absolute Gasteiger partial charge is 0.272 e. The van der Waals surface area contributed by atoms with Crippen LogP contribution in [0.1, 0.15) is 11.1 Å². The van der Waals surface area contributed by atoms with Gasteiger partial charge in [-0.15, -0.1) is 0 Å². The highest BCUT2D eigenvalue weighted by Gasteiger charge is 2.09. The predicted molar refractivity (Wildman–Crippen MR) is 41.6 cm³/mol. The van der Waals surface area contributed by atoms with Gasteiger partial charge in [0.25, 0.3) is 0 Å². The number of aliphatic imine (C=N–C) groups is 1. The average Bonchev–Trinajstić information content (AvgIpc) is 2.04. The van der Waals surface area contributed by atoms with E-state index >= 15 is 0 Å². The van der Waals surface area contributed by atoms with E-state index in [9.17, 15) is 4.79 Å². The van der Waals surface area contributed by atoms with E-state index in [4.69, 9.17) is 0 Å². The molecule has 2 nitrogen and oxygen atoms in total.